The first-order valence-electron chi connectivity index (χ1n) is 12.6. The van der Waals surface area contributed by atoms with E-state index >= 15 is 0 Å². The average molecular weight is 565 g/mol. The molecule has 210 valence electrons. The average Bonchev–Trinajstić information content (AvgIpc) is 3.08. The van der Waals surface area contributed by atoms with Crippen LogP contribution < -0.4 is 10.2 Å². The number of sulfonamides is 1. The summed E-state index contributed by atoms with van der Waals surface area (Å²) in [6.07, 6.45) is 1.64. The summed E-state index contributed by atoms with van der Waals surface area (Å²) >= 11 is 0. The number of halogens is 3. The van der Waals surface area contributed by atoms with Gasteiger partial charge in [-0.2, -0.15) is 4.31 Å². The summed E-state index contributed by atoms with van der Waals surface area (Å²) < 4.78 is 79.6. The summed E-state index contributed by atoms with van der Waals surface area (Å²) in [6, 6.07) is 10.0. The lowest BCUT2D eigenvalue weighted by Crippen LogP contribution is -2.36. The van der Waals surface area contributed by atoms with E-state index in [0.717, 1.165) is 9.87 Å². The zero-order valence-electron chi connectivity index (χ0n) is 22.0. The van der Waals surface area contributed by atoms with Gasteiger partial charge >= 0.3 is 0 Å². The summed E-state index contributed by atoms with van der Waals surface area (Å²) in [4.78, 5) is 13.3. The van der Waals surface area contributed by atoms with E-state index in [0.29, 0.717) is 30.9 Å². The fourth-order valence-electron chi connectivity index (χ4n) is 4.36. The monoisotopic (exact) mass is 564 g/mol. The SMILES string of the molecule is CC(C)(C)c1ccc(COc2coc(CN3CCCN(S(=O)(=O)c4c(F)cc(F)cc4F)CC3)cc2=O)cc1. The highest BCUT2D eigenvalue weighted by atomic mass is 32.2. The van der Waals surface area contributed by atoms with Gasteiger partial charge in [0.05, 0.1) is 6.54 Å². The van der Waals surface area contributed by atoms with Crippen molar-refractivity contribution in [1.29, 1.82) is 0 Å². The van der Waals surface area contributed by atoms with E-state index in [4.69, 9.17) is 9.15 Å². The molecule has 0 amide bonds. The molecule has 1 saturated heterocycles. The van der Waals surface area contributed by atoms with Crippen LogP contribution in [0.15, 0.2) is 62.8 Å². The van der Waals surface area contributed by atoms with E-state index in [-0.39, 0.29) is 49.4 Å². The van der Waals surface area contributed by atoms with Crippen LogP contribution >= 0.6 is 0 Å². The topological polar surface area (TPSA) is 80.1 Å². The molecule has 0 unspecified atom stereocenters. The molecule has 1 aliphatic heterocycles. The first-order valence-corrected chi connectivity index (χ1v) is 14.0. The van der Waals surface area contributed by atoms with Crippen molar-refractivity contribution in [3.63, 3.8) is 0 Å². The zero-order chi connectivity index (χ0) is 28.4. The second-order valence-corrected chi connectivity index (χ2v) is 12.4. The van der Waals surface area contributed by atoms with Crippen molar-refractivity contribution in [3.05, 3.63) is 93.3 Å². The Morgan fingerprint density at radius 3 is 2.23 bits per heavy atom. The molecule has 7 nitrogen and oxygen atoms in total. The van der Waals surface area contributed by atoms with Crippen molar-refractivity contribution in [2.45, 2.75) is 50.7 Å². The summed E-state index contributed by atoms with van der Waals surface area (Å²) in [5.74, 6) is -3.69. The second kappa shape index (κ2) is 11.5. The highest BCUT2D eigenvalue weighted by Gasteiger charge is 2.32. The molecule has 11 heteroatoms. The van der Waals surface area contributed by atoms with Gasteiger partial charge in [0.1, 0.15) is 36.1 Å². The minimum absolute atomic E-state index is 0.0303. The lowest BCUT2D eigenvalue weighted by atomic mass is 9.87. The Hall–Kier alpha value is -3.15. The molecule has 2 aromatic carbocycles. The van der Waals surface area contributed by atoms with Crippen molar-refractivity contribution in [1.82, 2.24) is 9.21 Å². The molecule has 0 spiro atoms. The van der Waals surface area contributed by atoms with E-state index in [1.165, 1.54) is 17.9 Å². The molecule has 4 rings (SSSR count). The molecule has 39 heavy (non-hydrogen) atoms. The largest absolute Gasteiger partial charge is 0.482 e. The molecule has 1 aromatic heterocycles. The summed E-state index contributed by atoms with van der Waals surface area (Å²) in [6.45, 7) is 7.52. The minimum Gasteiger partial charge on any atom is -0.482 e. The lowest BCUT2D eigenvalue weighted by Gasteiger charge is -2.22. The van der Waals surface area contributed by atoms with Crippen LogP contribution in [-0.2, 0) is 28.6 Å². The number of hydrogen-bond acceptors (Lipinski definition) is 6. The molecule has 2 heterocycles. The molecule has 1 aliphatic rings. The smallest absolute Gasteiger partial charge is 0.248 e. The van der Waals surface area contributed by atoms with Crippen molar-refractivity contribution < 1.29 is 30.7 Å². The van der Waals surface area contributed by atoms with E-state index in [1.54, 1.807) is 0 Å². The van der Waals surface area contributed by atoms with Crippen LogP contribution in [0.2, 0.25) is 0 Å². The summed E-state index contributed by atoms with van der Waals surface area (Å²) in [7, 11) is -4.51. The lowest BCUT2D eigenvalue weighted by molar-refractivity contribution is 0.245. The van der Waals surface area contributed by atoms with Crippen LogP contribution in [0.1, 0.15) is 44.1 Å². The Morgan fingerprint density at radius 2 is 1.62 bits per heavy atom. The zero-order valence-corrected chi connectivity index (χ0v) is 22.9. The van der Waals surface area contributed by atoms with Gasteiger partial charge in [-0.15, -0.1) is 0 Å². The molecule has 0 bridgehead atoms. The van der Waals surface area contributed by atoms with Crippen molar-refractivity contribution in [2.24, 2.45) is 0 Å². The van der Waals surface area contributed by atoms with E-state index in [9.17, 15) is 26.4 Å². The normalized spacial score (nSPS) is 15.7. The third kappa shape index (κ3) is 6.90. The van der Waals surface area contributed by atoms with Gasteiger partial charge in [0.25, 0.3) is 0 Å². The Labute approximate surface area is 225 Å². The molecular formula is C28H31F3N2O5S. The van der Waals surface area contributed by atoms with Gasteiger partial charge in [-0.3, -0.25) is 9.69 Å². The van der Waals surface area contributed by atoms with E-state index < -0.39 is 32.4 Å². The predicted molar refractivity (Wildman–Crippen MR) is 139 cm³/mol. The van der Waals surface area contributed by atoms with Crippen LogP contribution in [0.4, 0.5) is 13.2 Å². The molecule has 3 aromatic rings. The highest BCUT2D eigenvalue weighted by Crippen LogP contribution is 2.25. The molecular weight excluding hydrogens is 533 g/mol. The highest BCUT2D eigenvalue weighted by molar-refractivity contribution is 7.89. The number of benzene rings is 2. The summed E-state index contributed by atoms with van der Waals surface area (Å²) in [5, 5.41) is 0. The Kier molecular flexibility index (Phi) is 8.53. The predicted octanol–water partition coefficient (Wildman–Crippen LogP) is 4.83. The van der Waals surface area contributed by atoms with Gasteiger partial charge in [0, 0.05) is 37.8 Å². The third-order valence-corrected chi connectivity index (χ3v) is 8.51. The fourth-order valence-corrected chi connectivity index (χ4v) is 5.92. The van der Waals surface area contributed by atoms with Crippen LogP contribution in [0.25, 0.3) is 0 Å². The number of hydrogen-bond donors (Lipinski definition) is 0. The van der Waals surface area contributed by atoms with E-state index in [1.807, 2.05) is 29.2 Å². The van der Waals surface area contributed by atoms with E-state index in [2.05, 4.69) is 20.8 Å². The van der Waals surface area contributed by atoms with Gasteiger partial charge in [0.15, 0.2) is 4.90 Å². The van der Waals surface area contributed by atoms with Crippen LogP contribution in [0, 0.1) is 17.5 Å². The first kappa shape index (κ1) is 28.8. The number of rotatable bonds is 7. The van der Waals surface area contributed by atoms with Crippen molar-refractivity contribution in [2.75, 3.05) is 26.2 Å². The van der Waals surface area contributed by atoms with Gasteiger partial charge in [0.2, 0.25) is 21.2 Å². The maximum Gasteiger partial charge on any atom is 0.248 e. The van der Waals surface area contributed by atoms with Crippen molar-refractivity contribution >= 4 is 10.0 Å². The maximum absolute atomic E-state index is 14.2. The third-order valence-electron chi connectivity index (χ3n) is 6.55. The minimum atomic E-state index is -4.51. The Balaban J connectivity index is 1.36. The van der Waals surface area contributed by atoms with Crippen LogP contribution in [0.3, 0.4) is 0 Å². The molecule has 1 fully saturated rings. The van der Waals surface area contributed by atoms with Gasteiger partial charge in [-0.05, 0) is 29.5 Å². The molecule has 0 aliphatic carbocycles. The molecule has 0 radical (unpaired) electrons. The molecule has 0 atom stereocenters. The van der Waals surface area contributed by atoms with Gasteiger partial charge in [-0.1, -0.05) is 45.0 Å². The standard InChI is InChI=1S/C28H31F3N2O5S/c1-28(2,3)20-7-5-19(6-8-20)17-38-26-18-37-22(15-25(26)34)16-32-9-4-10-33(12-11-32)39(35,36)27-23(30)13-21(29)14-24(27)31/h5-8,13-15,18H,4,9-12,16-17H2,1-3H3. The number of ether oxygens (including phenoxy) is 1. The Bertz CT molecular complexity index is 1460. The van der Waals surface area contributed by atoms with Crippen LogP contribution in [0.5, 0.6) is 5.75 Å². The van der Waals surface area contributed by atoms with Crippen LogP contribution in [-0.4, -0.2) is 43.8 Å². The van der Waals surface area contributed by atoms with Gasteiger partial charge < -0.3 is 9.15 Å². The Morgan fingerprint density at radius 1 is 0.949 bits per heavy atom. The first-order chi connectivity index (χ1) is 18.3. The quantitative estimate of drug-likeness (QED) is 0.409. The van der Waals surface area contributed by atoms with Gasteiger partial charge in [-0.25, -0.2) is 21.6 Å². The molecule has 0 N–H and O–H groups in total. The second-order valence-electron chi connectivity index (χ2n) is 10.5. The number of nitrogens with zero attached hydrogens (tertiary/aromatic N) is 2. The maximum atomic E-state index is 14.2. The summed E-state index contributed by atoms with van der Waals surface area (Å²) in [5.41, 5.74) is 1.80. The van der Waals surface area contributed by atoms with Crippen molar-refractivity contribution in [3.8, 4) is 5.75 Å². The fraction of sp³-hybridized carbons (Fsp3) is 0.393. The molecule has 0 saturated carbocycles.